The van der Waals surface area contributed by atoms with Gasteiger partial charge in [0.05, 0.1) is 4.90 Å². The van der Waals surface area contributed by atoms with Crippen LogP contribution in [0.5, 0.6) is 0 Å². The number of nitrogens with one attached hydrogen (secondary N) is 1. The molecule has 2 aromatic carbocycles. The van der Waals surface area contributed by atoms with Crippen LogP contribution in [-0.4, -0.2) is 14.2 Å². The van der Waals surface area contributed by atoms with Gasteiger partial charge < -0.3 is 0 Å². The van der Waals surface area contributed by atoms with E-state index in [1.54, 1.807) is 17.8 Å². The van der Waals surface area contributed by atoms with Gasteiger partial charge in [-0.1, -0.05) is 23.7 Å². The van der Waals surface area contributed by atoms with Crippen LogP contribution in [0.3, 0.4) is 0 Å². The first-order valence-electron chi connectivity index (χ1n) is 7.39. The minimum atomic E-state index is -3.57. The van der Waals surface area contributed by atoms with E-state index in [2.05, 4.69) is 4.72 Å². The molecular formula is C17H18ClNO2S2. The quantitative estimate of drug-likeness (QED) is 0.870. The summed E-state index contributed by atoms with van der Waals surface area (Å²) in [6.45, 7) is 3.71. The molecule has 2 aromatic rings. The van der Waals surface area contributed by atoms with E-state index in [1.165, 1.54) is 0 Å². The number of hydrogen-bond donors (Lipinski definition) is 1. The van der Waals surface area contributed by atoms with Crippen LogP contribution in [-0.2, 0) is 10.0 Å². The fraction of sp³-hybridized carbons (Fsp3) is 0.294. The highest BCUT2D eigenvalue weighted by Gasteiger charge is 2.27. The molecule has 0 aliphatic carbocycles. The molecule has 0 radical (unpaired) electrons. The Balaban J connectivity index is 1.96. The van der Waals surface area contributed by atoms with Crippen molar-refractivity contribution in [1.82, 2.24) is 4.72 Å². The van der Waals surface area contributed by atoms with E-state index in [4.69, 9.17) is 11.6 Å². The number of thioether (sulfide) groups is 1. The maximum atomic E-state index is 12.8. The highest BCUT2D eigenvalue weighted by atomic mass is 35.5. The van der Waals surface area contributed by atoms with Gasteiger partial charge in [0, 0.05) is 16.0 Å². The molecule has 0 aromatic heterocycles. The van der Waals surface area contributed by atoms with Crippen LogP contribution in [0.25, 0.3) is 0 Å². The molecule has 0 fully saturated rings. The van der Waals surface area contributed by atoms with E-state index in [-0.39, 0.29) is 6.04 Å². The molecular weight excluding hydrogens is 350 g/mol. The second-order valence-electron chi connectivity index (χ2n) is 5.76. The van der Waals surface area contributed by atoms with Crippen molar-refractivity contribution in [3.05, 3.63) is 58.1 Å². The second kappa shape index (κ2) is 6.48. The molecule has 3 nitrogen and oxygen atoms in total. The van der Waals surface area contributed by atoms with E-state index >= 15 is 0 Å². The summed E-state index contributed by atoms with van der Waals surface area (Å²) in [5.74, 6) is 0.884. The average molecular weight is 368 g/mol. The Hall–Kier alpha value is -1.01. The number of halogens is 1. The highest BCUT2D eigenvalue weighted by molar-refractivity contribution is 7.99. The summed E-state index contributed by atoms with van der Waals surface area (Å²) in [6.07, 6.45) is 0.752. The Bertz CT molecular complexity index is 850. The topological polar surface area (TPSA) is 46.2 Å². The van der Waals surface area contributed by atoms with Crippen LogP contribution in [0.1, 0.15) is 29.2 Å². The molecule has 1 aliphatic heterocycles. The molecule has 1 N–H and O–H groups in total. The van der Waals surface area contributed by atoms with E-state index in [0.717, 1.165) is 33.8 Å². The molecule has 23 heavy (non-hydrogen) atoms. The minimum absolute atomic E-state index is 0.241. The first-order chi connectivity index (χ1) is 10.9. The normalized spacial score (nSPS) is 17.8. The second-order valence-corrected chi connectivity index (χ2v) is 9.02. The van der Waals surface area contributed by atoms with Gasteiger partial charge in [0.2, 0.25) is 10.0 Å². The van der Waals surface area contributed by atoms with Crippen molar-refractivity contribution >= 4 is 33.4 Å². The zero-order chi connectivity index (χ0) is 16.6. The summed E-state index contributed by atoms with van der Waals surface area (Å²) in [5.41, 5.74) is 2.64. The summed E-state index contributed by atoms with van der Waals surface area (Å²) < 4.78 is 28.5. The lowest BCUT2D eigenvalue weighted by Crippen LogP contribution is -2.31. The van der Waals surface area contributed by atoms with Gasteiger partial charge in [-0.15, -0.1) is 11.8 Å². The average Bonchev–Trinajstić information content (AvgIpc) is 2.50. The molecule has 1 aliphatic rings. The van der Waals surface area contributed by atoms with E-state index in [1.807, 2.05) is 44.2 Å². The predicted octanol–water partition coefficient (Wildman–Crippen LogP) is 4.47. The smallest absolute Gasteiger partial charge is 0.207 e. The number of rotatable bonds is 3. The third-order valence-electron chi connectivity index (χ3n) is 3.94. The van der Waals surface area contributed by atoms with Crippen molar-refractivity contribution in [1.29, 1.82) is 0 Å². The van der Waals surface area contributed by atoms with Crippen LogP contribution in [0, 0.1) is 13.8 Å². The lowest BCUT2D eigenvalue weighted by atomic mass is 10.1. The first kappa shape index (κ1) is 16.8. The van der Waals surface area contributed by atoms with Crippen LogP contribution in [0.4, 0.5) is 0 Å². The van der Waals surface area contributed by atoms with Gasteiger partial charge in [0.1, 0.15) is 0 Å². The summed E-state index contributed by atoms with van der Waals surface area (Å²) >= 11 is 7.82. The fourth-order valence-electron chi connectivity index (χ4n) is 2.74. The van der Waals surface area contributed by atoms with E-state index in [0.29, 0.717) is 9.92 Å². The Labute approximate surface area is 146 Å². The van der Waals surface area contributed by atoms with Gasteiger partial charge in [0.15, 0.2) is 0 Å². The van der Waals surface area contributed by atoms with Crippen molar-refractivity contribution in [2.75, 3.05) is 5.75 Å². The Morgan fingerprint density at radius 3 is 2.74 bits per heavy atom. The first-order valence-corrected chi connectivity index (χ1v) is 10.2. The number of benzene rings is 2. The van der Waals surface area contributed by atoms with Gasteiger partial charge in [0.25, 0.3) is 0 Å². The number of hydrogen-bond acceptors (Lipinski definition) is 3. The van der Waals surface area contributed by atoms with Gasteiger partial charge >= 0.3 is 0 Å². The van der Waals surface area contributed by atoms with Crippen LogP contribution < -0.4 is 4.72 Å². The Morgan fingerprint density at radius 2 is 1.96 bits per heavy atom. The van der Waals surface area contributed by atoms with Gasteiger partial charge in [-0.05, 0) is 67.0 Å². The standard InChI is InChI=1S/C17H18ClNO2S2/c1-11-3-4-12(2)17(9-11)23(20,21)19-15-7-8-22-16-6-5-13(18)10-14(15)16/h3-6,9-10,15,19H,7-8H2,1-2H3/t15-/m1/s1. The molecule has 0 saturated heterocycles. The van der Waals surface area contributed by atoms with Gasteiger partial charge in [-0.3, -0.25) is 0 Å². The third-order valence-corrected chi connectivity index (χ3v) is 6.91. The molecule has 0 amide bonds. The van der Waals surface area contributed by atoms with Crippen LogP contribution >= 0.6 is 23.4 Å². The summed E-state index contributed by atoms with van der Waals surface area (Å²) in [6, 6.07) is 10.9. The van der Waals surface area contributed by atoms with E-state index in [9.17, 15) is 8.42 Å². The van der Waals surface area contributed by atoms with Gasteiger partial charge in [-0.2, -0.15) is 0 Å². The van der Waals surface area contributed by atoms with Crippen molar-refractivity contribution < 1.29 is 8.42 Å². The van der Waals surface area contributed by atoms with Crippen molar-refractivity contribution in [2.24, 2.45) is 0 Å². The molecule has 3 rings (SSSR count). The minimum Gasteiger partial charge on any atom is -0.207 e. The number of sulfonamides is 1. The maximum absolute atomic E-state index is 12.8. The largest absolute Gasteiger partial charge is 0.241 e. The molecule has 1 heterocycles. The molecule has 6 heteroatoms. The highest BCUT2D eigenvalue weighted by Crippen LogP contribution is 2.38. The van der Waals surface area contributed by atoms with Crippen LogP contribution in [0.2, 0.25) is 5.02 Å². The molecule has 0 saturated carbocycles. The lowest BCUT2D eigenvalue weighted by Gasteiger charge is -2.26. The van der Waals surface area contributed by atoms with Gasteiger partial charge in [-0.25, -0.2) is 13.1 Å². The molecule has 0 unspecified atom stereocenters. The van der Waals surface area contributed by atoms with E-state index < -0.39 is 10.0 Å². The maximum Gasteiger partial charge on any atom is 0.241 e. The lowest BCUT2D eigenvalue weighted by molar-refractivity contribution is 0.545. The Kier molecular flexibility index (Phi) is 4.74. The van der Waals surface area contributed by atoms with Crippen molar-refractivity contribution in [3.8, 4) is 0 Å². The fourth-order valence-corrected chi connectivity index (χ4v) is 5.60. The van der Waals surface area contributed by atoms with Crippen molar-refractivity contribution in [2.45, 2.75) is 36.1 Å². The molecule has 1 atom stereocenters. The van der Waals surface area contributed by atoms with Crippen LogP contribution in [0.15, 0.2) is 46.2 Å². The zero-order valence-electron chi connectivity index (χ0n) is 13.0. The Morgan fingerprint density at radius 1 is 1.17 bits per heavy atom. The third kappa shape index (κ3) is 3.58. The predicted molar refractivity (Wildman–Crippen MR) is 95.8 cm³/mol. The SMILES string of the molecule is Cc1ccc(C)c(S(=O)(=O)N[C@@H]2CCSc3ccc(Cl)cc32)c1. The molecule has 0 spiro atoms. The van der Waals surface area contributed by atoms with Crippen molar-refractivity contribution in [3.63, 3.8) is 0 Å². The summed E-state index contributed by atoms with van der Waals surface area (Å²) in [5, 5.41) is 0.627. The summed E-state index contributed by atoms with van der Waals surface area (Å²) in [7, 11) is -3.57. The zero-order valence-corrected chi connectivity index (χ0v) is 15.4. The monoisotopic (exact) mass is 367 g/mol. The number of fused-ring (bicyclic) bond motifs is 1. The molecule has 122 valence electrons. The summed E-state index contributed by atoms with van der Waals surface area (Å²) in [4.78, 5) is 1.44. The molecule has 0 bridgehead atoms. The number of aryl methyl sites for hydroxylation is 2.